The molecule has 1 heterocycles. The Labute approximate surface area is 308 Å². The summed E-state index contributed by atoms with van der Waals surface area (Å²) in [6.45, 7) is 4.89. The number of aliphatic carboxylic acids is 1. The molecule has 0 saturated heterocycles. The van der Waals surface area contributed by atoms with E-state index in [-0.39, 0.29) is 23.6 Å². The summed E-state index contributed by atoms with van der Waals surface area (Å²) in [7, 11) is 0. The fourth-order valence-electron chi connectivity index (χ4n) is 5.84. The number of rotatable bonds is 18. The Morgan fingerprint density at radius 1 is 1.00 bits per heavy atom. The van der Waals surface area contributed by atoms with Gasteiger partial charge in [-0.3, -0.25) is 14.3 Å². The summed E-state index contributed by atoms with van der Waals surface area (Å²) in [5.41, 5.74) is 2.45. The fourth-order valence-corrected chi connectivity index (χ4v) is 7.98. The van der Waals surface area contributed by atoms with Crippen molar-refractivity contribution >= 4 is 64.6 Å². The monoisotopic (exact) mass is 740 g/mol. The van der Waals surface area contributed by atoms with Crippen LogP contribution in [0.2, 0.25) is 0 Å². The van der Waals surface area contributed by atoms with Crippen LogP contribution in [-0.2, 0) is 14.4 Å². The number of hydrogen-bond acceptors (Lipinski definition) is 10. The van der Waals surface area contributed by atoms with Crippen LogP contribution in [0.1, 0.15) is 64.0 Å². The number of thioether (sulfide) groups is 2. The normalized spacial score (nSPS) is 14.9. The van der Waals surface area contributed by atoms with Crippen molar-refractivity contribution in [2.24, 2.45) is 0 Å². The predicted molar refractivity (Wildman–Crippen MR) is 205 cm³/mol. The average Bonchev–Trinajstić information content (AvgIpc) is 3.28. The zero-order valence-corrected chi connectivity index (χ0v) is 31.5. The van der Waals surface area contributed by atoms with Gasteiger partial charge in [0.25, 0.3) is 5.91 Å². The highest BCUT2D eigenvalue weighted by molar-refractivity contribution is 7.99. The number of carboxylic acid groups (broad SMARTS) is 1. The lowest BCUT2D eigenvalue weighted by Crippen LogP contribution is -2.49. The van der Waals surface area contributed by atoms with E-state index in [1.54, 1.807) is 18.2 Å². The third-order valence-corrected chi connectivity index (χ3v) is 11.1. The Morgan fingerprint density at radius 3 is 2.28 bits per heavy atom. The van der Waals surface area contributed by atoms with Gasteiger partial charge in [0.2, 0.25) is 5.91 Å². The Bertz CT molecular complexity index is 1570. The quantitative estimate of drug-likeness (QED) is 0.0671. The number of nitrogens with one attached hydrogen (secondary N) is 3. The van der Waals surface area contributed by atoms with Crippen molar-refractivity contribution in [3.63, 3.8) is 0 Å². The number of aromatic hydroxyl groups is 1. The number of anilines is 2. The SMILES string of the molecule is CCCCC1(CCCC)CN(c2ccccc2)c2cc(SC)c(OCC(=O)NC(C(=O)N[C@@H](CSC)C(=O)O)c3ccc(O)cc3)cc2SN1. The number of unbranched alkanes of at least 4 members (excludes halogenated alkanes) is 2. The molecule has 1 unspecified atom stereocenters. The van der Waals surface area contributed by atoms with Crippen molar-refractivity contribution in [3.8, 4) is 11.5 Å². The summed E-state index contributed by atoms with van der Waals surface area (Å²) in [5, 5.41) is 24.6. The standard InChI is InChI=1S/C37H48N4O6S3/c1-5-7-18-37(19-8-6-2)24-41(26-12-10-9-11-13-26)29-20-32(49-4)30(21-31(29)50-40-37)47-22-33(43)39-34(25-14-16-27(42)17-15-25)35(44)38-28(23-48-3)36(45)46/h9-17,20-21,28,34,40,42H,5-8,18-19,22-24H2,1-4H3,(H,38,44)(H,39,43)(H,45,46)/t28-,34?/m0/s1. The number of carboxylic acids is 1. The number of carbonyl (C=O) groups is 3. The maximum atomic E-state index is 13.4. The van der Waals surface area contributed by atoms with Gasteiger partial charge in [-0.1, -0.05) is 69.9 Å². The topological polar surface area (TPSA) is 140 Å². The summed E-state index contributed by atoms with van der Waals surface area (Å²) in [6, 6.07) is 18.0. The first-order valence-corrected chi connectivity index (χ1v) is 20.3. The van der Waals surface area contributed by atoms with Crippen LogP contribution in [-0.4, -0.2) is 71.0 Å². The second-order valence-electron chi connectivity index (χ2n) is 12.3. The van der Waals surface area contributed by atoms with Gasteiger partial charge in [0.15, 0.2) is 6.61 Å². The van der Waals surface area contributed by atoms with Crippen LogP contribution in [0.3, 0.4) is 0 Å². The molecular weight excluding hydrogens is 693 g/mol. The largest absolute Gasteiger partial charge is 0.508 e. The van der Waals surface area contributed by atoms with E-state index in [9.17, 15) is 24.6 Å². The lowest BCUT2D eigenvalue weighted by molar-refractivity contribution is -0.141. The highest BCUT2D eigenvalue weighted by Crippen LogP contribution is 2.46. The number of amides is 2. The molecule has 5 N–H and O–H groups in total. The second kappa shape index (κ2) is 19.2. The van der Waals surface area contributed by atoms with Crippen molar-refractivity contribution in [2.45, 2.75) is 79.8 Å². The highest BCUT2D eigenvalue weighted by Gasteiger charge is 2.36. The van der Waals surface area contributed by atoms with Gasteiger partial charge < -0.3 is 30.5 Å². The molecule has 50 heavy (non-hydrogen) atoms. The van der Waals surface area contributed by atoms with Gasteiger partial charge in [0.1, 0.15) is 23.6 Å². The van der Waals surface area contributed by atoms with E-state index in [1.807, 2.05) is 18.4 Å². The number of para-hydroxylation sites is 1. The molecule has 0 bridgehead atoms. The van der Waals surface area contributed by atoms with E-state index >= 15 is 0 Å². The molecule has 2 atom stereocenters. The molecule has 0 saturated carbocycles. The minimum atomic E-state index is -1.21. The molecule has 1 aliphatic rings. The molecule has 3 aromatic rings. The maximum absolute atomic E-state index is 13.4. The maximum Gasteiger partial charge on any atom is 0.327 e. The van der Waals surface area contributed by atoms with Crippen LogP contribution in [0.4, 0.5) is 11.4 Å². The zero-order valence-electron chi connectivity index (χ0n) is 29.1. The van der Waals surface area contributed by atoms with Gasteiger partial charge in [-0.2, -0.15) is 11.8 Å². The number of phenols is 1. The molecule has 270 valence electrons. The van der Waals surface area contributed by atoms with E-state index < -0.39 is 29.9 Å². The van der Waals surface area contributed by atoms with Gasteiger partial charge in [-0.25, -0.2) is 4.79 Å². The summed E-state index contributed by atoms with van der Waals surface area (Å²) in [4.78, 5) is 42.7. The molecule has 0 spiro atoms. The molecule has 2 amide bonds. The molecular formula is C37H48N4O6S3. The molecule has 0 radical (unpaired) electrons. The Kier molecular flexibility index (Phi) is 15.1. The number of carbonyl (C=O) groups excluding carboxylic acids is 2. The third-order valence-electron chi connectivity index (χ3n) is 8.56. The summed E-state index contributed by atoms with van der Waals surface area (Å²) in [6.07, 6.45) is 10.3. The van der Waals surface area contributed by atoms with Crippen LogP contribution < -0.4 is 25.0 Å². The van der Waals surface area contributed by atoms with Crippen molar-refractivity contribution in [1.82, 2.24) is 15.4 Å². The molecule has 0 fully saturated rings. The average molecular weight is 741 g/mol. The Morgan fingerprint density at radius 2 is 1.68 bits per heavy atom. The second-order valence-corrected chi connectivity index (χ2v) is 14.9. The number of fused-ring (bicyclic) bond motifs is 1. The number of nitrogens with zero attached hydrogens (tertiary/aromatic N) is 1. The van der Waals surface area contributed by atoms with Crippen molar-refractivity contribution in [3.05, 3.63) is 72.3 Å². The third kappa shape index (κ3) is 10.5. The minimum Gasteiger partial charge on any atom is -0.508 e. The molecule has 4 rings (SSSR count). The van der Waals surface area contributed by atoms with E-state index in [4.69, 9.17) is 4.74 Å². The van der Waals surface area contributed by atoms with Crippen molar-refractivity contribution < 1.29 is 29.3 Å². The van der Waals surface area contributed by atoms with E-state index in [2.05, 4.69) is 64.4 Å². The molecule has 0 aromatic heterocycles. The van der Waals surface area contributed by atoms with Gasteiger partial charge in [0, 0.05) is 23.5 Å². The molecule has 1 aliphatic heterocycles. The lowest BCUT2D eigenvalue weighted by atomic mass is 9.87. The first-order chi connectivity index (χ1) is 24.1. The highest BCUT2D eigenvalue weighted by atomic mass is 32.2. The van der Waals surface area contributed by atoms with E-state index in [1.165, 1.54) is 47.8 Å². The summed E-state index contributed by atoms with van der Waals surface area (Å²) >= 11 is 4.41. The summed E-state index contributed by atoms with van der Waals surface area (Å²) < 4.78 is 10.0. The fraction of sp³-hybridized carbons (Fsp3) is 0.432. The Balaban J connectivity index is 1.60. The molecule has 3 aromatic carbocycles. The molecule has 13 heteroatoms. The smallest absolute Gasteiger partial charge is 0.327 e. The number of phenolic OH excluding ortho intramolecular Hbond substituents is 1. The van der Waals surface area contributed by atoms with Crippen LogP contribution in [0, 0.1) is 0 Å². The Hall–Kier alpha value is -3.52. The van der Waals surface area contributed by atoms with E-state index in [0.717, 1.165) is 66.2 Å². The van der Waals surface area contributed by atoms with Crippen molar-refractivity contribution in [1.29, 1.82) is 0 Å². The number of benzene rings is 3. The van der Waals surface area contributed by atoms with Crippen LogP contribution in [0.5, 0.6) is 11.5 Å². The van der Waals surface area contributed by atoms with Crippen molar-refractivity contribution in [2.75, 3.05) is 36.3 Å². The minimum absolute atomic E-state index is 0.00711. The number of hydrogen-bond donors (Lipinski definition) is 5. The lowest BCUT2D eigenvalue weighted by Gasteiger charge is -2.38. The van der Waals surface area contributed by atoms with E-state index in [0.29, 0.717) is 11.3 Å². The first-order valence-electron chi connectivity index (χ1n) is 16.9. The molecule has 0 aliphatic carbocycles. The first kappa shape index (κ1) is 39.3. The van der Waals surface area contributed by atoms with Gasteiger partial charge in [-0.15, -0.1) is 11.8 Å². The van der Waals surface area contributed by atoms with Gasteiger partial charge in [-0.05, 0) is 79.3 Å². The van der Waals surface area contributed by atoms with Crippen LogP contribution in [0.15, 0.2) is 76.5 Å². The number of ether oxygens (including phenoxy) is 1. The van der Waals surface area contributed by atoms with Gasteiger partial charge in [0.05, 0.1) is 15.5 Å². The predicted octanol–water partition coefficient (Wildman–Crippen LogP) is 7.15. The van der Waals surface area contributed by atoms with Crippen LogP contribution >= 0.6 is 35.5 Å². The zero-order chi connectivity index (χ0) is 36.1. The van der Waals surface area contributed by atoms with Crippen LogP contribution in [0.25, 0.3) is 0 Å². The molecule has 10 nitrogen and oxygen atoms in total. The van der Waals surface area contributed by atoms with Gasteiger partial charge >= 0.3 is 5.97 Å². The summed E-state index contributed by atoms with van der Waals surface area (Å²) in [5.74, 6) is -1.73.